The Morgan fingerprint density at radius 2 is 1.89 bits per heavy atom. The van der Waals surface area contributed by atoms with Crippen molar-refractivity contribution in [2.24, 2.45) is 0 Å². The van der Waals surface area contributed by atoms with Crippen LogP contribution in [0.25, 0.3) is 16.9 Å². The van der Waals surface area contributed by atoms with Crippen molar-refractivity contribution in [2.75, 3.05) is 0 Å². The Labute approximate surface area is 165 Å². The maximum atomic E-state index is 12.2. The Morgan fingerprint density at radius 1 is 1.04 bits per heavy atom. The number of carbonyl (C=O) groups excluding carboxylic acids is 2. The first-order chi connectivity index (χ1) is 13.5. The second kappa shape index (κ2) is 7.40. The number of nitrogens with zero attached hydrogens (tertiary/aromatic N) is 2. The molecule has 3 aromatic rings. The molecule has 1 aromatic carbocycles. The number of rotatable bonds is 3. The summed E-state index contributed by atoms with van der Waals surface area (Å²) >= 11 is 6.60. The quantitative estimate of drug-likeness (QED) is 0.693. The molecule has 0 saturated carbocycles. The van der Waals surface area contributed by atoms with Gasteiger partial charge in [-0.15, -0.1) is 0 Å². The van der Waals surface area contributed by atoms with Crippen molar-refractivity contribution in [3.8, 4) is 16.9 Å². The highest BCUT2D eigenvalue weighted by Crippen LogP contribution is 2.36. The van der Waals surface area contributed by atoms with Crippen molar-refractivity contribution in [1.29, 1.82) is 0 Å². The van der Waals surface area contributed by atoms with Crippen LogP contribution >= 0.6 is 11.6 Å². The van der Waals surface area contributed by atoms with E-state index in [1.807, 2.05) is 12.1 Å². The molecular formula is C21H16ClN3O3. The van der Waals surface area contributed by atoms with Crippen LogP contribution in [0.1, 0.15) is 24.3 Å². The van der Waals surface area contributed by atoms with Crippen LogP contribution in [0.3, 0.4) is 0 Å². The summed E-state index contributed by atoms with van der Waals surface area (Å²) in [4.78, 5) is 40.0. The molecule has 3 heterocycles. The molecule has 1 aliphatic rings. The van der Waals surface area contributed by atoms with E-state index < -0.39 is 5.92 Å². The van der Waals surface area contributed by atoms with Crippen LogP contribution in [0.15, 0.2) is 65.7 Å². The summed E-state index contributed by atoms with van der Waals surface area (Å²) in [6, 6.07) is 13.9. The minimum absolute atomic E-state index is 0.144. The molecule has 2 amide bonds. The number of aromatic nitrogens is 2. The summed E-state index contributed by atoms with van der Waals surface area (Å²) < 4.78 is 1.50. The third-order valence-corrected chi connectivity index (χ3v) is 5.19. The van der Waals surface area contributed by atoms with Gasteiger partial charge < -0.3 is 0 Å². The van der Waals surface area contributed by atoms with Gasteiger partial charge in [-0.1, -0.05) is 35.9 Å². The first-order valence-corrected chi connectivity index (χ1v) is 9.19. The molecule has 1 unspecified atom stereocenters. The Bertz CT molecular complexity index is 1120. The number of hydrogen-bond donors (Lipinski definition) is 1. The summed E-state index contributed by atoms with van der Waals surface area (Å²) in [5, 5.41) is 2.80. The lowest BCUT2D eigenvalue weighted by Crippen LogP contribution is -2.39. The van der Waals surface area contributed by atoms with Gasteiger partial charge in [-0.3, -0.25) is 29.3 Å². The normalized spacial score (nSPS) is 16.7. The predicted octanol–water partition coefficient (Wildman–Crippen LogP) is 3.07. The van der Waals surface area contributed by atoms with Gasteiger partial charge in [0.05, 0.1) is 28.5 Å². The lowest BCUT2D eigenvalue weighted by Gasteiger charge is -2.22. The Balaban J connectivity index is 1.69. The predicted molar refractivity (Wildman–Crippen MR) is 105 cm³/mol. The molecule has 6 nitrogen and oxygen atoms in total. The maximum Gasteiger partial charge on any atom is 0.255 e. The van der Waals surface area contributed by atoms with Gasteiger partial charge >= 0.3 is 0 Å². The molecule has 1 aliphatic heterocycles. The van der Waals surface area contributed by atoms with E-state index in [-0.39, 0.29) is 23.8 Å². The van der Waals surface area contributed by atoms with Crippen molar-refractivity contribution in [3.63, 3.8) is 0 Å². The van der Waals surface area contributed by atoms with Gasteiger partial charge in [-0.05, 0) is 30.2 Å². The Kier molecular flexibility index (Phi) is 4.79. The first kappa shape index (κ1) is 18.1. The van der Waals surface area contributed by atoms with Crippen LogP contribution < -0.4 is 10.9 Å². The maximum absolute atomic E-state index is 12.2. The first-order valence-electron chi connectivity index (χ1n) is 8.81. The van der Waals surface area contributed by atoms with Crippen LogP contribution in [0.5, 0.6) is 0 Å². The molecule has 4 rings (SSSR count). The molecule has 1 fully saturated rings. The van der Waals surface area contributed by atoms with Crippen LogP contribution in [0.4, 0.5) is 0 Å². The number of pyridine rings is 2. The van der Waals surface area contributed by atoms with Gasteiger partial charge in [0.1, 0.15) is 0 Å². The highest BCUT2D eigenvalue weighted by atomic mass is 35.5. The van der Waals surface area contributed by atoms with Crippen LogP contribution in [-0.4, -0.2) is 21.4 Å². The number of hydrogen-bond acceptors (Lipinski definition) is 4. The van der Waals surface area contributed by atoms with E-state index in [0.717, 1.165) is 0 Å². The fraction of sp³-hybridized carbons (Fsp3) is 0.143. The molecule has 0 bridgehead atoms. The van der Waals surface area contributed by atoms with Gasteiger partial charge in [0.25, 0.3) is 5.56 Å². The molecule has 2 aromatic heterocycles. The summed E-state index contributed by atoms with van der Waals surface area (Å²) in [6.07, 6.45) is 3.99. The smallest absolute Gasteiger partial charge is 0.255 e. The number of piperidine rings is 1. The molecular weight excluding hydrogens is 378 g/mol. The minimum Gasteiger partial charge on any atom is -0.296 e. The number of imide groups is 1. The molecule has 0 radical (unpaired) electrons. The van der Waals surface area contributed by atoms with Gasteiger partial charge in [-0.25, -0.2) is 0 Å². The number of halogens is 1. The summed E-state index contributed by atoms with van der Waals surface area (Å²) in [5.74, 6) is -1.06. The zero-order valence-electron chi connectivity index (χ0n) is 14.8. The number of carbonyl (C=O) groups is 2. The Morgan fingerprint density at radius 3 is 2.61 bits per heavy atom. The zero-order valence-corrected chi connectivity index (χ0v) is 15.5. The number of benzene rings is 1. The lowest BCUT2D eigenvalue weighted by molar-refractivity contribution is -0.134. The van der Waals surface area contributed by atoms with Gasteiger partial charge in [0.15, 0.2) is 0 Å². The van der Waals surface area contributed by atoms with Gasteiger partial charge in [0.2, 0.25) is 11.8 Å². The van der Waals surface area contributed by atoms with E-state index in [1.165, 1.54) is 10.6 Å². The van der Waals surface area contributed by atoms with Crippen molar-refractivity contribution in [2.45, 2.75) is 18.8 Å². The molecule has 1 saturated heterocycles. The zero-order chi connectivity index (χ0) is 19.7. The summed E-state index contributed by atoms with van der Waals surface area (Å²) in [7, 11) is 0. The third kappa shape index (κ3) is 3.34. The highest BCUT2D eigenvalue weighted by Gasteiger charge is 2.30. The molecule has 140 valence electrons. The molecule has 1 atom stereocenters. The van der Waals surface area contributed by atoms with Crippen molar-refractivity contribution >= 4 is 23.4 Å². The molecule has 0 aliphatic carbocycles. The topological polar surface area (TPSA) is 81.1 Å². The van der Waals surface area contributed by atoms with E-state index >= 15 is 0 Å². The standard InChI is InChI=1S/C21H16ClN3O3/c22-20-14(15-8-10-18(26)24-21(15)28)4-3-5-16(20)17-9-7-13(12-23-17)25-11-2-1-6-19(25)27/h1-7,9,11-12,15H,8,10H2,(H,24,26,28). The van der Waals surface area contributed by atoms with Crippen molar-refractivity contribution in [3.05, 3.63) is 81.9 Å². The van der Waals surface area contributed by atoms with E-state index in [9.17, 15) is 14.4 Å². The molecule has 28 heavy (non-hydrogen) atoms. The van der Waals surface area contributed by atoms with E-state index in [2.05, 4.69) is 10.3 Å². The van der Waals surface area contributed by atoms with E-state index in [4.69, 9.17) is 11.6 Å². The lowest BCUT2D eigenvalue weighted by atomic mass is 9.89. The average molecular weight is 394 g/mol. The average Bonchev–Trinajstić information content (AvgIpc) is 2.69. The van der Waals surface area contributed by atoms with Gasteiger partial charge in [-0.2, -0.15) is 0 Å². The Hall–Kier alpha value is -3.25. The molecule has 0 spiro atoms. The molecule has 1 N–H and O–H groups in total. The number of nitrogens with one attached hydrogen (secondary N) is 1. The van der Waals surface area contributed by atoms with Crippen molar-refractivity contribution in [1.82, 2.24) is 14.9 Å². The fourth-order valence-corrected chi connectivity index (χ4v) is 3.69. The minimum atomic E-state index is -0.465. The second-order valence-electron chi connectivity index (χ2n) is 6.52. The van der Waals surface area contributed by atoms with Crippen LogP contribution in [0, 0.1) is 0 Å². The van der Waals surface area contributed by atoms with Crippen molar-refractivity contribution < 1.29 is 9.59 Å². The SMILES string of the molecule is O=C1CCC(c2cccc(-c3ccc(-n4ccccc4=O)cn3)c2Cl)C(=O)N1. The molecule has 7 heteroatoms. The van der Waals surface area contributed by atoms with E-state index in [1.54, 1.807) is 42.7 Å². The van der Waals surface area contributed by atoms with E-state index in [0.29, 0.717) is 34.0 Å². The third-order valence-electron chi connectivity index (χ3n) is 4.77. The second-order valence-corrected chi connectivity index (χ2v) is 6.90. The monoisotopic (exact) mass is 393 g/mol. The largest absolute Gasteiger partial charge is 0.296 e. The van der Waals surface area contributed by atoms with Crippen LogP contribution in [-0.2, 0) is 9.59 Å². The van der Waals surface area contributed by atoms with Gasteiger partial charge in [0, 0.05) is 24.2 Å². The van der Waals surface area contributed by atoms with Crippen LogP contribution in [0.2, 0.25) is 5.02 Å². The summed E-state index contributed by atoms with van der Waals surface area (Å²) in [5.41, 5.74) is 2.50. The summed E-state index contributed by atoms with van der Waals surface area (Å²) in [6.45, 7) is 0. The number of amides is 2. The highest BCUT2D eigenvalue weighted by molar-refractivity contribution is 6.34. The fourth-order valence-electron chi connectivity index (χ4n) is 3.34.